The molecular formula is C10H6ClF3N2O3S. The van der Waals surface area contributed by atoms with Crippen LogP contribution in [0.3, 0.4) is 0 Å². The van der Waals surface area contributed by atoms with Gasteiger partial charge in [0.25, 0.3) is 9.84 Å². The fourth-order valence-electron chi connectivity index (χ4n) is 1.17. The standard InChI is InChI=1S/C10H6ClF3N2O3S/c11-7-2-1-6(20(18,19)10(12,13)14)5-8(7)16-9(17)3-4-15/h1-2,5H,3H2,(H,16,17). The van der Waals surface area contributed by atoms with Crippen molar-refractivity contribution in [2.45, 2.75) is 16.8 Å². The number of benzene rings is 1. The highest BCUT2D eigenvalue weighted by Crippen LogP contribution is 2.33. The van der Waals surface area contributed by atoms with Gasteiger partial charge in [0.1, 0.15) is 6.42 Å². The summed E-state index contributed by atoms with van der Waals surface area (Å²) in [6, 6.07) is 3.68. The number of hydrogen-bond acceptors (Lipinski definition) is 4. The summed E-state index contributed by atoms with van der Waals surface area (Å²) >= 11 is 5.63. The van der Waals surface area contributed by atoms with Gasteiger partial charge in [0.2, 0.25) is 5.91 Å². The van der Waals surface area contributed by atoms with E-state index in [0.29, 0.717) is 12.1 Å². The van der Waals surface area contributed by atoms with E-state index < -0.39 is 32.6 Å². The highest BCUT2D eigenvalue weighted by Gasteiger charge is 2.47. The number of nitrogens with zero attached hydrogens (tertiary/aromatic N) is 1. The zero-order chi connectivity index (χ0) is 15.6. The molecule has 0 aliphatic carbocycles. The van der Waals surface area contributed by atoms with Crippen molar-refractivity contribution < 1.29 is 26.4 Å². The van der Waals surface area contributed by atoms with Crippen LogP contribution in [0.4, 0.5) is 18.9 Å². The van der Waals surface area contributed by atoms with Crippen LogP contribution in [0.5, 0.6) is 0 Å². The van der Waals surface area contributed by atoms with E-state index in [9.17, 15) is 26.4 Å². The van der Waals surface area contributed by atoms with E-state index in [1.165, 1.54) is 6.07 Å². The third-order valence-electron chi connectivity index (χ3n) is 2.07. The second-order valence-corrected chi connectivity index (χ2v) is 5.82. The first-order chi connectivity index (χ1) is 9.09. The lowest BCUT2D eigenvalue weighted by Crippen LogP contribution is -2.23. The predicted molar refractivity (Wildman–Crippen MR) is 63.6 cm³/mol. The quantitative estimate of drug-likeness (QED) is 0.924. The van der Waals surface area contributed by atoms with Crippen LogP contribution in [0.15, 0.2) is 23.1 Å². The molecule has 0 fully saturated rings. The maximum Gasteiger partial charge on any atom is 0.501 e. The van der Waals surface area contributed by atoms with Gasteiger partial charge in [0.15, 0.2) is 0 Å². The molecule has 0 saturated heterocycles. The third kappa shape index (κ3) is 3.40. The SMILES string of the molecule is N#CCC(=O)Nc1cc(S(=O)(=O)C(F)(F)F)ccc1Cl. The molecular weight excluding hydrogens is 321 g/mol. The number of alkyl halides is 3. The first-order valence-corrected chi connectivity index (χ1v) is 6.73. The van der Waals surface area contributed by atoms with Crippen molar-refractivity contribution in [3.63, 3.8) is 0 Å². The van der Waals surface area contributed by atoms with Crippen molar-refractivity contribution in [1.82, 2.24) is 0 Å². The van der Waals surface area contributed by atoms with Crippen LogP contribution in [0.25, 0.3) is 0 Å². The van der Waals surface area contributed by atoms with E-state index >= 15 is 0 Å². The highest BCUT2D eigenvalue weighted by molar-refractivity contribution is 7.92. The van der Waals surface area contributed by atoms with E-state index in [2.05, 4.69) is 0 Å². The van der Waals surface area contributed by atoms with E-state index in [4.69, 9.17) is 16.9 Å². The smallest absolute Gasteiger partial charge is 0.324 e. The normalized spacial score (nSPS) is 11.8. The van der Waals surface area contributed by atoms with Gasteiger partial charge in [0.05, 0.1) is 21.7 Å². The molecule has 5 nitrogen and oxygen atoms in total. The summed E-state index contributed by atoms with van der Waals surface area (Å²) in [4.78, 5) is 10.1. The zero-order valence-corrected chi connectivity index (χ0v) is 11.1. The van der Waals surface area contributed by atoms with Crippen molar-refractivity contribution in [2.24, 2.45) is 0 Å². The largest absolute Gasteiger partial charge is 0.501 e. The van der Waals surface area contributed by atoms with Gasteiger partial charge >= 0.3 is 5.51 Å². The Bertz CT molecular complexity index is 680. The van der Waals surface area contributed by atoms with Gasteiger partial charge in [-0.3, -0.25) is 4.79 Å². The molecule has 0 spiro atoms. The molecule has 0 aliphatic rings. The van der Waals surface area contributed by atoms with Gasteiger partial charge in [-0.2, -0.15) is 18.4 Å². The fourth-order valence-corrected chi connectivity index (χ4v) is 2.12. The van der Waals surface area contributed by atoms with E-state index in [0.717, 1.165) is 6.07 Å². The van der Waals surface area contributed by atoms with Gasteiger partial charge < -0.3 is 5.32 Å². The molecule has 0 bridgehead atoms. The molecule has 1 N–H and O–H groups in total. The molecule has 108 valence electrons. The molecule has 0 unspecified atom stereocenters. The summed E-state index contributed by atoms with van der Waals surface area (Å²) in [5.74, 6) is -0.823. The number of amides is 1. The first kappa shape index (κ1) is 16.3. The molecule has 0 heterocycles. The molecule has 1 aromatic rings. The second-order valence-electron chi connectivity index (χ2n) is 3.47. The van der Waals surface area contributed by atoms with Crippen LogP contribution in [-0.4, -0.2) is 19.8 Å². The molecule has 1 amide bonds. The number of sulfone groups is 1. The summed E-state index contributed by atoms with van der Waals surface area (Å²) < 4.78 is 59.5. The Kier molecular flexibility index (Phi) is 4.62. The Labute approximate surface area is 116 Å². The Morgan fingerprint density at radius 1 is 1.40 bits per heavy atom. The van der Waals surface area contributed by atoms with Crippen LogP contribution < -0.4 is 5.32 Å². The molecule has 0 radical (unpaired) electrons. The monoisotopic (exact) mass is 326 g/mol. The van der Waals surface area contributed by atoms with Crippen LogP contribution in [0.1, 0.15) is 6.42 Å². The van der Waals surface area contributed by atoms with Gasteiger partial charge in [-0.05, 0) is 18.2 Å². The zero-order valence-electron chi connectivity index (χ0n) is 9.53. The van der Waals surface area contributed by atoms with Crippen LogP contribution in [0, 0.1) is 11.3 Å². The number of anilines is 1. The summed E-state index contributed by atoms with van der Waals surface area (Å²) in [7, 11) is -5.54. The number of carbonyl (C=O) groups excluding carboxylic acids is 1. The molecule has 0 aromatic heterocycles. The molecule has 20 heavy (non-hydrogen) atoms. The van der Waals surface area contributed by atoms with Gasteiger partial charge in [-0.1, -0.05) is 11.6 Å². The number of rotatable bonds is 3. The Morgan fingerprint density at radius 2 is 2.00 bits per heavy atom. The molecule has 10 heteroatoms. The van der Waals surface area contributed by atoms with Crippen LogP contribution in [-0.2, 0) is 14.6 Å². The van der Waals surface area contributed by atoms with E-state index in [1.807, 2.05) is 5.32 Å². The van der Waals surface area contributed by atoms with Crippen molar-refractivity contribution >= 4 is 33.0 Å². The van der Waals surface area contributed by atoms with Crippen molar-refractivity contribution in [2.75, 3.05) is 5.32 Å². The number of halogens is 4. The number of carbonyl (C=O) groups is 1. The molecule has 0 atom stereocenters. The lowest BCUT2D eigenvalue weighted by atomic mass is 10.3. The Hall–Kier alpha value is -1.79. The highest BCUT2D eigenvalue weighted by atomic mass is 35.5. The summed E-state index contributed by atoms with van der Waals surface area (Å²) in [6.07, 6.45) is -0.549. The molecule has 1 aromatic carbocycles. The molecule has 1 rings (SSSR count). The summed E-state index contributed by atoms with van der Waals surface area (Å²) in [5.41, 5.74) is -5.79. The average molecular weight is 327 g/mol. The van der Waals surface area contributed by atoms with Gasteiger partial charge in [-0.25, -0.2) is 8.42 Å². The van der Waals surface area contributed by atoms with Crippen molar-refractivity contribution in [3.8, 4) is 6.07 Å². The van der Waals surface area contributed by atoms with Crippen LogP contribution in [0.2, 0.25) is 5.02 Å². The number of nitrogens with one attached hydrogen (secondary N) is 1. The minimum atomic E-state index is -5.54. The summed E-state index contributed by atoms with van der Waals surface area (Å²) in [5, 5.41) is 10.2. The summed E-state index contributed by atoms with van der Waals surface area (Å²) in [6.45, 7) is 0. The first-order valence-electron chi connectivity index (χ1n) is 4.87. The minimum Gasteiger partial charge on any atom is -0.324 e. The van der Waals surface area contributed by atoms with E-state index in [1.54, 1.807) is 0 Å². The number of nitriles is 1. The maximum atomic E-state index is 12.4. The lowest BCUT2D eigenvalue weighted by Gasteiger charge is -2.11. The van der Waals surface area contributed by atoms with Gasteiger partial charge in [0, 0.05) is 0 Å². The lowest BCUT2D eigenvalue weighted by molar-refractivity contribution is -0.115. The maximum absolute atomic E-state index is 12.4. The van der Waals surface area contributed by atoms with E-state index in [-0.39, 0.29) is 10.7 Å². The average Bonchev–Trinajstić information content (AvgIpc) is 2.30. The molecule has 0 saturated carbocycles. The minimum absolute atomic E-state index is 0.155. The van der Waals surface area contributed by atoms with Gasteiger partial charge in [-0.15, -0.1) is 0 Å². The van der Waals surface area contributed by atoms with Crippen LogP contribution >= 0.6 is 11.6 Å². The third-order valence-corrected chi connectivity index (χ3v) is 3.88. The fraction of sp³-hybridized carbons (Fsp3) is 0.200. The Morgan fingerprint density at radius 3 is 2.50 bits per heavy atom. The molecule has 0 aliphatic heterocycles. The van der Waals surface area contributed by atoms with Crippen molar-refractivity contribution in [1.29, 1.82) is 5.26 Å². The topological polar surface area (TPSA) is 87.0 Å². The van der Waals surface area contributed by atoms with Crippen molar-refractivity contribution in [3.05, 3.63) is 23.2 Å². The second kappa shape index (κ2) is 5.68. The number of hydrogen-bond donors (Lipinski definition) is 1. The Balaban J connectivity index is 3.23. The predicted octanol–water partition coefficient (Wildman–Crippen LogP) is 2.49.